The predicted molar refractivity (Wildman–Crippen MR) is 121 cm³/mol. The van der Waals surface area contributed by atoms with Crippen molar-refractivity contribution < 1.29 is 13.9 Å². The summed E-state index contributed by atoms with van der Waals surface area (Å²) in [7, 11) is 1.73. The number of aromatic amines is 1. The highest BCUT2D eigenvalue weighted by Crippen LogP contribution is 2.32. The third-order valence-electron chi connectivity index (χ3n) is 4.87. The number of imidazole rings is 1. The topological polar surface area (TPSA) is 58.2 Å². The first-order valence-corrected chi connectivity index (χ1v) is 10.6. The first-order valence-electron chi connectivity index (χ1n) is 10.6. The molecule has 0 bridgehead atoms. The van der Waals surface area contributed by atoms with Gasteiger partial charge in [-0.05, 0) is 41.8 Å². The van der Waals surface area contributed by atoms with E-state index in [2.05, 4.69) is 18.8 Å². The first-order chi connectivity index (χ1) is 14.7. The highest BCUT2D eigenvalue weighted by atomic mass is 19.1. The zero-order chi connectivity index (χ0) is 22.5. The molecule has 31 heavy (non-hydrogen) atoms. The standard InChI is InChI=1S/C25H30FN3O2/c1-16(2)15-31-25(30)29(5)14-18-7-6-8-20(13-18)23-22(27-24(28-23)17(3)4)19-9-11-21(26)12-10-19/h6-13,16-17H,14-15H2,1-5H3,(H,27,28). The second-order valence-corrected chi connectivity index (χ2v) is 8.53. The van der Waals surface area contributed by atoms with Crippen LogP contribution in [0.15, 0.2) is 48.5 Å². The number of hydrogen-bond acceptors (Lipinski definition) is 3. The van der Waals surface area contributed by atoms with Crippen molar-refractivity contribution in [1.82, 2.24) is 14.9 Å². The molecule has 0 spiro atoms. The quantitative estimate of drug-likeness (QED) is 0.490. The fraction of sp³-hybridized carbons (Fsp3) is 0.360. The molecule has 6 heteroatoms. The van der Waals surface area contributed by atoms with Gasteiger partial charge in [-0.15, -0.1) is 0 Å². The van der Waals surface area contributed by atoms with Gasteiger partial charge in [0, 0.05) is 30.6 Å². The van der Waals surface area contributed by atoms with Crippen LogP contribution in [-0.2, 0) is 11.3 Å². The Kier molecular flexibility index (Phi) is 7.10. The van der Waals surface area contributed by atoms with Crippen molar-refractivity contribution in [1.29, 1.82) is 0 Å². The molecule has 3 rings (SSSR count). The monoisotopic (exact) mass is 423 g/mol. The number of H-pyrrole nitrogens is 1. The summed E-state index contributed by atoms with van der Waals surface area (Å²) in [5.41, 5.74) is 4.44. The average Bonchev–Trinajstić information content (AvgIpc) is 3.18. The molecule has 0 aliphatic rings. The lowest BCUT2D eigenvalue weighted by atomic mass is 10.0. The summed E-state index contributed by atoms with van der Waals surface area (Å²) in [4.78, 5) is 22.0. The number of halogens is 1. The van der Waals surface area contributed by atoms with E-state index in [0.29, 0.717) is 19.1 Å². The van der Waals surface area contributed by atoms with Crippen molar-refractivity contribution in [3.05, 3.63) is 65.7 Å². The molecule has 0 atom stereocenters. The van der Waals surface area contributed by atoms with E-state index in [1.807, 2.05) is 38.1 Å². The number of nitrogens with one attached hydrogen (secondary N) is 1. The van der Waals surface area contributed by atoms with E-state index >= 15 is 0 Å². The highest BCUT2D eigenvalue weighted by Gasteiger charge is 2.17. The van der Waals surface area contributed by atoms with Gasteiger partial charge in [0.05, 0.1) is 18.0 Å². The van der Waals surface area contributed by atoms with Gasteiger partial charge < -0.3 is 14.6 Å². The Hall–Kier alpha value is -3.15. The molecule has 1 heterocycles. The number of hydrogen-bond donors (Lipinski definition) is 1. The van der Waals surface area contributed by atoms with Crippen LogP contribution in [0.3, 0.4) is 0 Å². The SMILES string of the molecule is CC(C)COC(=O)N(C)Cc1cccc(-c2nc(C(C)C)[nH]c2-c2ccc(F)cc2)c1. The molecule has 1 N–H and O–H groups in total. The molecule has 1 amide bonds. The van der Waals surface area contributed by atoms with Gasteiger partial charge in [0.1, 0.15) is 11.6 Å². The smallest absolute Gasteiger partial charge is 0.409 e. The number of rotatable bonds is 7. The van der Waals surface area contributed by atoms with E-state index in [1.54, 1.807) is 24.1 Å². The van der Waals surface area contributed by atoms with Gasteiger partial charge in [-0.2, -0.15) is 0 Å². The summed E-state index contributed by atoms with van der Waals surface area (Å²) < 4.78 is 18.7. The van der Waals surface area contributed by atoms with E-state index in [0.717, 1.165) is 33.9 Å². The van der Waals surface area contributed by atoms with Crippen molar-refractivity contribution in [3.8, 4) is 22.5 Å². The zero-order valence-electron chi connectivity index (χ0n) is 18.8. The fourth-order valence-electron chi connectivity index (χ4n) is 3.20. The van der Waals surface area contributed by atoms with E-state index in [-0.39, 0.29) is 17.8 Å². The Labute approximate surface area is 183 Å². The van der Waals surface area contributed by atoms with Gasteiger partial charge in [-0.3, -0.25) is 0 Å². The number of ether oxygens (including phenoxy) is 1. The Morgan fingerprint density at radius 2 is 1.81 bits per heavy atom. The Morgan fingerprint density at radius 1 is 1.10 bits per heavy atom. The van der Waals surface area contributed by atoms with E-state index < -0.39 is 0 Å². The number of nitrogens with zero attached hydrogens (tertiary/aromatic N) is 2. The number of amides is 1. The molecule has 0 fully saturated rings. The van der Waals surface area contributed by atoms with Gasteiger partial charge in [0.25, 0.3) is 0 Å². The lowest BCUT2D eigenvalue weighted by molar-refractivity contribution is 0.0980. The molecule has 5 nitrogen and oxygen atoms in total. The average molecular weight is 424 g/mol. The summed E-state index contributed by atoms with van der Waals surface area (Å²) in [6.45, 7) is 8.99. The van der Waals surface area contributed by atoms with Crippen LogP contribution >= 0.6 is 0 Å². The normalized spacial score (nSPS) is 11.2. The van der Waals surface area contributed by atoms with Crippen LogP contribution in [0.25, 0.3) is 22.5 Å². The molecule has 0 radical (unpaired) electrons. The molecule has 3 aromatic rings. The molecule has 2 aromatic carbocycles. The summed E-state index contributed by atoms with van der Waals surface area (Å²) in [5, 5.41) is 0. The maximum Gasteiger partial charge on any atom is 0.409 e. The Bertz CT molecular complexity index is 1030. The molecule has 0 aliphatic heterocycles. The Balaban J connectivity index is 1.89. The van der Waals surface area contributed by atoms with Crippen molar-refractivity contribution in [2.45, 2.75) is 40.2 Å². The van der Waals surface area contributed by atoms with Crippen LogP contribution in [-0.4, -0.2) is 34.6 Å². The second kappa shape index (κ2) is 9.77. The summed E-state index contributed by atoms with van der Waals surface area (Å²) in [6, 6.07) is 14.3. The van der Waals surface area contributed by atoms with Crippen LogP contribution < -0.4 is 0 Å². The predicted octanol–water partition coefficient (Wildman–Crippen LogP) is 6.23. The minimum Gasteiger partial charge on any atom is -0.449 e. The molecular weight excluding hydrogens is 393 g/mol. The fourth-order valence-corrected chi connectivity index (χ4v) is 3.20. The van der Waals surface area contributed by atoms with Crippen molar-refractivity contribution >= 4 is 6.09 Å². The molecule has 0 saturated carbocycles. The van der Waals surface area contributed by atoms with Gasteiger partial charge in [-0.25, -0.2) is 14.2 Å². The highest BCUT2D eigenvalue weighted by molar-refractivity contribution is 5.79. The summed E-state index contributed by atoms with van der Waals surface area (Å²) in [6.07, 6.45) is -0.340. The molecule has 0 aliphatic carbocycles. The van der Waals surface area contributed by atoms with E-state index in [1.165, 1.54) is 12.1 Å². The third kappa shape index (κ3) is 5.72. The molecule has 0 unspecified atom stereocenters. The molecule has 0 saturated heterocycles. The maximum absolute atomic E-state index is 13.4. The van der Waals surface area contributed by atoms with Crippen molar-refractivity contribution in [2.75, 3.05) is 13.7 Å². The first kappa shape index (κ1) is 22.5. The minimum atomic E-state index is -0.340. The minimum absolute atomic E-state index is 0.220. The number of benzene rings is 2. The maximum atomic E-state index is 13.4. The lowest BCUT2D eigenvalue weighted by Crippen LogP contribution is -2.28. The number of carbonyl (C=O) groups is 1. The molecule has 164 valence electrons. The van der Waals surface area contributed by atoms with Gasteiger partial charge in [-0.1, -0.05) is 45.9 Å². The van der Waals surface area contributed by atoms with Crippen LogP contribution in [0, 0.1) is 11.7 Å². The van der Waals surface area contributed by atoms with Gasteiger partial charge >= 0.3 is 6.09 Å². The molecule has 1 aromatic heterocycles. The largest absolute Gasteiger partial charge is 0.449 e. The number of aromatic nitrogens is 2. The summed E-state index contributed by atoms with van der Waals surface area (Å²) >= 11 is 0. The van der Waals surface area contributed by atoms with Crippen LogP contribution in [0.1, 0.15) is 45.0 Å². The zero-order valence-corrected chi connectivity index (χ0v) is 18.8. The van der Waals surface area contributed by atoms with E-state index in [4.69, 9.17) is 9.72 Å². The summed E-state index contributed by atoms with van der Waals surface area (Å²) in [5.74, 6) is 1.11. The Morgan fingerprint density at radius 3 is 2.45 bits per heavy atom. The van der Waals surface area contributed by atoms with Crippen molar-refractivity contribution in [3.63, 3.8) is 0 Å². The van der Waals surface area contributed by atoms with Crippen LogP contribution in [0.5, 0.6) is 0 Å². The van der Waals surface area contributed by atoms with E-state index in [9.17, 15) is 9.18 Å². The molecular formula is C25H30FN3O2. The third-order valence-corrected chi connectivity index (χ3v) is 4.87. The lowest BCUT2D eigenvalue weighted by Gasteiger charge is -2.18. The second-order valence-electron chi connectivity index (χ2n) is 8.53. The van der Waals surface area contributed by atoms with Crippen molar-refractivity contribution in [2.24, 2.45) is 5.92 Å². The van der Waals surface area contributed by atoms with Crippen LogP contribution in [0.4, 0.5) is 9.18 Å². The van der Waals surface area contributed by atoms with Gasteiger partial charge in [0.2, 0.25) is 0 Å². The van der Waals surface area contributed by atoms with Crippen LogP contribution in [0.2, 0.25) is 0 Å². The van der Waals surface area contributed by atoms with Gasteiger partial charge in [0.15, 0.2) is 0 Å². The number of carbonyl (C=O) groups excluding carboxylic acids is 1.